The van der Waals surface area contributed by atoms with E-state index in [1.165, 1.54) is 0 Å². The van der Waals surface area contributed by atoms with E-state index < -0.39 is 22.7 Å². The van der Waals surface area contributed by atoms with Crippen molar-refractivity contribution in [1.82, 2.24) is 10.2 Å². The fourth-order valence-corrected chi connectivity index (χ4v) is 4.93. The van der Waals surface area contributed by atoms with Gasteiger partial charge in [0.05, 0.1) is 23.2 Å². The Morgan fingerprint density at radius 3 is 2.46 bits per heavy atom. The van der Waals surface area contributed by atoms with Crippen molar-refractivity contribution in [2.75, 3.05) is 32.8 Å². The van der Waals surface area contributed by atoms with Crippen molar-refractivity contribution in [2.45, 2.75) is 49.9 Å². The molecule has 2 atom stereocenters. The van der Waals surface area contributed by atoms with Gasteiger partial charge in [0.2, 0.25) is 5.91 Å². The summed E-state index contributed by atoms with van der Waals surface area (Å²) in [6.45, 7) is 4.42. The number of benzene rings is 1. The van der Waals surface area contributed by atoms with Crippen molar-refractivity contribution in [3.05, 3.63) is 34.9 Å². The molecule has 6 nitrogen and oxygen atoms in total. The molecule has 3 aliphatic rings. The SMILES string of the molecule is C[C@]1(O)CC2(CCN(C(=O)C3(Cc4ccc(Cl)cc4)CNC3)CC2)OC[C@@H]1O. The van der Waals surface area contributed by atoms with E-state index in [0.717, 1.165) is 5.56 Å². The van der Waals surface area contributed by atoms with Crippen LogP contribution < -0.4 is 5.32 Å². The number of nitrogens with one attached hydrogen (secondary N) is 1. The van der Waals surface area contributed by atoms with Crippen LogP contribution in [-0.2, 0) is 16.0 Å². The van der Waals surface area contributed by atoms with E-state index in [1.807, 2.05) is 29.2 Å². The minimum atomic E-state index is -1.14. The molecule has 1 spiro atoms. The second-order valence-corrected chi connectivity index (χ2v) is 9.46. The Morgan fingerprint density at radius 1 is 1.29 bits per heavy atom. The lowest BCUT2D eigenvalue weighted by atomic mass is 9.73. The Bertz CT molecular complexity index is 724. The van der Waals surface area contributed by atoms with Crippen molar-refractivity contribution in [2.24, 2.45) is 5.41 Å². The third-order valence-electron chi connectivity index (χ3n) is 6.74. The normalized spacial score (nSPS) is 31.4. The fraction of sp³-hybridized carbons (Fsp3) is 0.667. The van der Waals surface area contributed by atoms with E-state index in [1.54, 1.807) is 6.92 Å². The van der Waals surface area contributed by atoms with Gasteiger partial charge in [-0.3, -0.25) is 4.79 Å². The average Bonchev–Trinajstić information content (AvgIpc) is 2.63. The van der Waals surface area contributed by atoms with Crippen molar-refractivity contribution >= 4 is 17.5 Å². The highest BCUT2D eigenvalue weighted by Gasteiger charge is 2.51. The summed E-state index contributed by atoms with van der Waals surface area (Å²) in [5, 5.41) is 24.4. The molecule has 3 heterocycles. The number of amides is 1. The number of hydrogen-bond acceptors (Lipinski definition) is 5. The number of carbonyl (C=O) groups excluding carboxylic acids is 1. The minimum absolute atomic E-state index is 0.144. The maximum absolute atomic E-state index is 13.4. The average molecular weight is 409 g/mol. The Hall–Kier alpha value is -1.18. The van der Waals surface area contributed by atoms with Crippen molar-refractivity contribution in [3.8, 4) is 0 Å². The topological polar surface area (TPSA) is 82.0 Å². The highest BCUT2D eigenvalue weighted by Crippen LogP contribution is 2.41. The summed E-state index contributed by atoms with van der Waals surface area (Å²) < 4.78 is 5.94. The van der Waals surface area contributed by atoms with E-state index in [-0.39, 0.29) is 12.5 Å². The molecule has 3 N–H and O–H groups in total. The summed E-state index contributed by atoms with van der Waals surface area (Å²) >= 11 is 5.98. The smallest absolute Gasteiger partial charge is 0.231 e. The first kappa shape index (κ1) is 20.1. The van der Waals surface area contributed by atoms with E-state index in [4.69, 9.17) is 16.3 Å². The van der Waals surface area contributed by atoms with Crippen LogP contribution in [0.1, 0.15) is 31.7 Å². The zero-order valence-corrected chi connectivity index (χ0v) is 17.0. The quantitative estimate of drug-likeness (QED) is 0.703. The van der Waals surface area contributed by atoms with Crippen LogP contribution in [0.5, 0.6) is 0 Å². The zero-order chi connectivity index (χ0) is 20.0. The molecule has 3 fully saturated rings. The number of nitrogens with zero attached hydrogens (tertiary/aromatic N) is 1. The second-order valence-electron chi connectivity index (χ2n) is 9.02. The number of likely N-dealkylation sites (tertiary alicyclic amines) is 1. The van der Waals surface area contributed by atoms with Gasteiger partial charge in [0.25, 0.3) is 0 Å². The summed E-state index contributed by atoms with van der Waals surface area (Å²) in [7, 11) is 0. The summed E-state index contributed by atoms with van der Waals surface area (Å²) in [5.74, 6) is 0.193. The van der Waals surface area contributed by atoms with Crippen molar-refractivity contribution in [1.29, 1.82) is 0 Å². The molecule has 0 aliphatic carbocycles. The molecule has 0 saturated carbocycles. The molecule has 7 heteroatoms. The standard InChI is InChI=1S/C21H29ClN2O4/c1-19(27)12-21(28-11-17(19)25)6-8-24(9-7-21)18(26)20(13-23-14-20)10-15-2-4-16(22)5-3-15/h2-5,17,23,25,27H,6-14H2,1H3/t17-,19-/m0/s1. The number of carbonyl (C=O) groups is 1. The van der Waals surface area contributed by atoms with Gasteiger partial charge < -0.3 is 25.2 Å². The van der Waals surface area contributed by atoms with Gasteiger partial charge in [0.15, 0.2) is 0 Å². The zero-order valence-electron chi connectivity index (χ0n) is 16.3. The molecule has 1 aromatic carbocycles. The summed E-state index contributed by atoms with van der Waals surface area (Å²) in [5.41, 5.74) is -0.861. The maximum atomic E-state index is 13.4. The number of ether oxygens (including phenoxy) is 1. The number of piperidine rings is 1. The number of aliphatic hydroxyl groups excluding tert-OH is 1. The predicted molar refractivity (Wildman–Crippen MR) is 106 cm³/mol. The molecule has 3 aliphatic heterocycles. The summed E-state index contributed by atoms with van der Waals surface area (Å²) in [6.07, 6.45) is 1.62. The van der Waals surface area contributed by atoms with Crippen LogP contribution in [0.25, 0.3) is 0 Å². The largest absolute Gasteiger partial charge is 0.388 e. The molecule has 4 rings (SSSR count). The first-order valence-electron chi connectivity index (χ1n) is 10.0. The van der Waals surface area contributed by atoms with Gasteiger partial charge in [-0.15, -0.1) is 0 Å². The van der Waals surface area contributed by atoms with Crippen molar-refractivity contribution < 1.29 is 19.7 Å². The summed E-state index contributed by atoms with van der Waals surface area (Å²) in [6, 6.07) is 7.72. The van der Waals surface area contributed by atoms with Crippen LogP contribution in [0.15, 0.2) is 24.3 Å². The van der Waals surface area contributed by atoms with Gasteiger partial charge in [-0.2, -0.15) is 0 Å². The lowest BCUT2D eigenvalue weighted by Gasteiger charge is -2.51. The second kappa shape index (κ2) is 7.26. The Morgan fingerprint density at radius 2 is 1.93 bits per heavy atom. The van der Waals surface area contributed by atoms with Crippen LogP contribution in [0.3, 0.4) is 0 Å². The molecule has 154 valence electrons. The molecule has 0 radical (unpaired) electrons. The predicted octanol–water partition coefficient (Wildman–Crippen LogP) is 1.37. The first-order chi connectivity index (χ1) is 13.2. The van der Waals surface area contributed by atoms with E-state index >= 15 is 0 Å². The van der Waals surface area contributed by atoms with Crippen LogP contribution in [0, 0.1) is 5.41 Å². The lowest BCUT2D eigenvalue weighted by Crippen LogP contribution is -2.65. The van der Waals surface area contributed by atoms with Gasteiger partial charge >= 0.3 is 0 Å². The molecule has 0 aromatic heterocycles. The Labute approximate surface area is 170 Å². The number of rotatable bonds is 3. The van der Waals surface area contributed by atoms with Crippen LogP contribution in [0.4, 0.5) is 0 Å². The molecule has 0 bridgehead atoms. The highest BCUT2D eigenvalue weighted by molar-refractivity contribution is 6.30. The Balaban J connectivity index is 1.41. The van der Waals surface area contributed by atoms with E-state index in [0.29, 0.717) is 56.9 Å². The molecular formula is C21H29ClN2O4. The fourth-order valence-electron chi connectivity index (χ4n) is 4.80. The maximum Gasteiger partial charge on any atom is 0.231 e. The Kier molecular flexibility index (Phi) is 5.21. The third-order valence-corrected chi connectivity index (χ3v) is 7.00. The van der Waals surface area contributed by atoms with Crippen LogP contribution in [-0.4, -0.2) is 71.1 Å². The first-order valence-corrected chi connectivity index (χ1v) is 10.4. The van der Waals surface area contributed by atoms with Gasteiger partial charge in [-0.1, -0.05) is 23.7 Å². The molecule has 1 amide bonds. The molecule has 0 unspecified atom stereocenters. The number of halogens is 1. The van der Waals surface area contributed by atoms with Crippen LogP contribution in [0.2, 0.25) is 5.02 Å². The van der Waals surface area contributed by atoms with E-state index in [9.17, 15) is 15.0 Å². The monoisotopic (exact) mass is 408 g/mol. The van der Waals surface area contributed by atoms with Gasteiger partial charge in [-0.25, -0.2) is 0 Å². The van der Waals surface area contributed by atoms with E-state index in [2.05, 4.69) is 5.32 Å². The number of hydrogen-bond donors (Lipinski definition) is 3. The molecule has 28 heavy (non-hydrogen) atoms. The molecule has 1 aromatic rings. The summed E-state index contributed by atoms with van der Waals surface area (Å²) in [4.78, 5) is 15.3. The van der Waals surface area contributed by atoms with Crippen molar-refractivity contribution in [3.63, 3.8) is 0 Å². The third kappa shape index (κ3) is 3.68. The van der Waals surface area contributed by atoms with Gasteiger partial charge in [0.1, 0.15) is 6.10 Å². The van der Waals surface area contributed by atoms with Gasteiger partial charge in [-0.05, 0) is 43.9 Å². The minimum Gasteiger partial charge on any atom is -0.388 e. The molecule has 3 saturated heterocycles. The highest BCUT2D eigenvalue weighted by atomic mass is 35.5. The number of aliphatic hydroxyl groups is 2. The van der Waals surface area contributed by atoms with Gasteiger partial charge in [0, 0.05) is 37.6 Å². The molecular weight excluding hydrogens is 380 g/mol. The lowest BCUT2D eigenvalue weighted by molar-refractivity contribution is -0.223. The van der Waals surface area contributed by atoms with Crippen LogP contribution >= 0.6 is 11.6 Å².